The number of carboxylic acid groups (broad SMARTS) is 1. The second-order valence-electron chi connectivity index (χ2n) is 7.98. The van der Waals surface area contributed by atoms with E-state index in [0.717, 1.165) is 38.1 Å². The van der Waals surface area contributed by atoms with Crippen molar-refractivity contribution in [2.24, 2.45) is 0 Å². The average Bonchev–Trinajstić information content (AvgIpc) is 3.42. The zero-order chi connectivity index (χ0) is 24.3. The third-order valence-electron chi connectivity index (χ3n) is 5.52. The van der Waals surface area contributed by atoms with Crippen LogP contribution in [0, 0.1) is 0 Å². The molecule has 0 aliphatic carbocycles. The molecule has 14 heteroatoms. The quantitative estimate of drug-likeness (QED) is 0.634. The molecule has 1 aromatic rings. The summed E-state index contributed by atoms with van der Waals surface area (Å²) in [5.41, 5.74) is 0. The van der Waals surface area contributed by atoms with Gasteiger partial charge in [-0.05, 0) is 31.4 Å². The van der Waals surface area contributed by atoms with Gasteiger partial charge in [-0.25, -0.2) is 13.2 Å². The number of aromatic nitrogens is 1. The monoisotopic (exact) mass is 511 g/mol. The lowest BCUT2D eigenvalue weighted by atomic mass is 9.95. The first-order valence-electron chi connectivity index (χ1n) is 10.2. The van der Waals surface area contributed by atoms with Crippen molar-refractivity contribution in [3.05, 3.63) is 24.5 Å². The first kappa shape index (κ1) is 25.7. The predicted octanol–water partition coefficient (Wildman–Crippen LogP) is 1.60. The van der Waals surface area contributed by atoms with Gasteiger partial charge in [-0.1, -0.05) is 0 Å². The Bertz CT molecular complexity index is 949. The smallest absolute Gasteiger partial charge is 0.475 e. The molecule has 3 aliphatic rings. The van der Waals surface area contributed by atoms with Gasteiger partial charge in [0, 0.05) is 49.1 Å². The van der Waals surface area contributed by atoms with Gasteiger partial charge in [0.1, 0.15) is 11.5 Å². The minimum Gasteiger partial charge on any atom is -0.475 e. The maximum atomic E-state index is 12.6. The number of hydrogen-bond donors (Lipinski definition) is 1. The number of alkyl halides is 3. The van der Waals surface area contributed by atoms with Crippen LogP contribution in [0.5, 0.6) is 0 Å². The summed E-state index contributed by atoms with van der Waals surface area (Å²) in [6.07, 6.45) is 0.844. The largest absolute Gasteiger partial charge is 0.490 e. The van der Waals surface area contributed by atoms with Crippen molar-refractivity contribution in [1.29, 1.82) is 0 Å². The number of likely N-dealkylation sites (tertiary alicyclic amines) is 1. The van der Waals surface area contributed by atoms with Crippen molar-refractivity contribution >= 4 is 33.7 Å². The number of hydrogen-bond acceptors (Lipinski definition) is 7. The number of halogens is 3. The molecule has 9 nitrogen and oxygen atoms in total. The van der Waals surface area contributed by atoms with E-state index in [2.05, 4.69) is 4.98 Å². The van der Waals surface area contributed by atoms with Gasteiger partial charge in [0.25, 0.3) is 0 Å². The molecule has 1 spiro atoms. The Morgan fingerprint density at radius 1 is 1.27 bits per heavy atom. The fraction of sp³-hybridized carbons (Fsp3) is 0.632. The Morgan fingerprint density at radius 3 is 2.45 bits per heavy atom. The van der Waals surface area contributed by atoms with Crippen LogP contribution in [0.3, 0.4) is 0 Å². The lowest BCUT2D eigenvalue weighted by molar-refractivity contribution is -0.192. The third-order valence-corrected chi connectivity index (χ3v) is 8.87. The van der Waals surface area contributed by atoms with Gasteiger partial charge < -0.3 is 14.7 Å². The summed E-state index contributed by atoms with van der Waals surface area (Å²) in [7, 11) is -3.46. The Morgan fingerprint density at radius 2 is 1.91 bits per heavy atom. The van der Waals surface area contributed by atoms with Crippen molar-refractivity contribution in [1.82, 2.24) is 14.2 Å². The fourth-order valence-electron chi connectivity index (χ4n) is 3.79. The number of nitrogens with zero attached hydrogens (tertiary/aromatic N) is 3. The Labute approximate surface area is 193 Å². The van der Waals surface area contributed by atoms with E-state index in [9.17, 15) is 26.4 Å². The van der Waals surface area contributed by atoms with Gasteiger partial charge in [-0.2, -0.15) is 17.5 Å². The lowest BCUT2D eigenvalue weighted by Gasteiger charge is -2.46. The molecule has 1 unspecified atom stereocenters. The molecule has 4 rings (SSSR count). The SMILES string of the molecule is O=C(COC1CSC2(C1)CN(S(=O)(=O)c1cccnc1)C2)N1CCCC1.O=C(O)C(F)(F)F. The van der Waals surface area contributed by atoms with Crippen LogP contribution >= 0.6 is 11.8 Å². The van der Waals surface area contributed by atoms with Crippen LogP contribution in [-0.2, 0) is 24.3 Å². The minimum absolute atomic E-state index is 0.0230. The summed E-state index contributed by atoms with van der Waals surface area (Å²) in [5.74, 6) is -1.87. The summed E-state index contributed by atoms with van der Waals surface area (Å²) in [6.45, 7) is 2.81. The predicted molar refractivity (Wildman–Crippen MR) is 112 cm³/mol. The second-order valence-corrected chi connectivity index (χ2v) is 11.4. The van der Waals surface area contributed by atoms with E-state index in [1.165, 1.54) is 10.5 Å². The van der Waals surface area contributed by atoms with Crippen molar-refractivity contribution in [2.45, 2.75) is 41.2 Å². The van der Waals surface area contributed by atoms with E-state index in [1.807, 2.05) is 4.90 Å². The van der Waals surface area contributed by atoms with Crippen LogP contribution in [0.1, 0.15) is 19.3 Å². The molecule has 1 atom stereocenters. The number of amides is 1. The average molecular weight is 512 g/mol. The molecule has 1 aromatic heterocycles. The first-order chi connectivity index (χ1) is 15.4. The molecular formula is C19H24F3N3O6S2. The lowest BCUT2D eigenvalue weighted by Crippen LogP contribution is -2.60. The summed E-state index contributed by atoms with van der Waals surface area (Å²) >= 11 is 1.77. The van der Waals surface area contributed by atoms with E-state index in [1.54, 1.807) is 30.1 Å². The van der Waals surface area contributed by atoms with Crippen LogP contribution in [0.2, 0.25) is 0 Å². The van der Waals surface area contributed by atoms with Crippen LogP contribution in [0.25, 0.3) is 0 Å². The number of ether oxygens (including phenoxy) is 1. The van der Waals surface area contributed by atoms with E-state index >= 15 is 0 Å². The Kier molecular flexibility index (Phi) is 7.91. The molecule has 0 aromatic carbocycles. The van der Waals surface area contributed by atoms with Crippen molar-refractivity contribution < 1.29 is 41.0 Å². The number of sulfonamides is 1. The molecular weight excluding hydrogens is 487 g/mol. The highest BCUT2D eigenvalue weighted by Gasteiger charge is 2.53. The topological polar surface area (TPSA) is 117 Å². The highest BCUT2D eigenvalue weighted by molar-refractivity contribution is 8.01. The van der Waals surface area contributed by atoms with Gasteiger partial charge in [0.05, 0.1) is 6.10 Å². The standard InChI is InChI=1S/C17H23N3O4S2.C2HF3O2/c21-16(19-6-1-2-7-19)10-24-14-8-17(25-11-14)12-20(13-17)26(22,23)15-4-3-5-18-9-15;3-2(4,5)1(6)7/h3-5,9,14H,1-2,6-8,10-13H2;(H,6,7). The highest BCUT2D eigenvalue weighted by Crippen LogP contribution is 2.47. The zero-order valence-electron chi connectivity index (χ0n) is 17.5. The number of thioether (sulfide) groups is 1. The molecule has 0 bridgehead atoms. The zero-order valence-corrected chi connectivity index (χ0v) is 19.2. The maximum absolute atomic E-state index is 12.6. The van der Waals surface area contributed by atoms with Gasteiger partial charge >= 0.3 is 12.1 Å². The summed E-state index contributed by atoms with van der Waals surface area (Å²) in [6, 6.07) is 3.21. The van der Waals surface area contributed by atoms with Crippen LogP contribution < -0.4 is 0 Å². The molecule has 33 heavy (non-hydrogen) atoms. The van der Waals surface area contributed by atoms with E-state index in [-0.39, 0.29) is 28.3 Å². The molecule has 0 saturated carbocycles. The van der Waals surface area contributed by atoms with Crippen LogP contribution in [0.15, 0.2) is 29.4 Å². The first-order valence-corrected chi connectivity index (χ1v) is 12.6. The Hall–Kier alpha value is -1.90. The van der Waals surface area contributed by atoms with Crippen LogP contribution in [0.4, 0.5) is 13.2 Å². The molecule has 0 radical (unpaired) electrons. The fourth-order valence-corrected chi connectivity index (χ4v) is 7.08. The van der Waals surface area contributed by atoms with Gasteiger partial charge in [0.2, 0.25) is 15.9 Å². The molecule has 4 heterocycles. The summed E-state index contributed by atoms with van der Waals surface area (Å²) in [5, 5.41) is 7.12. The summed E-state index contributed by atoms with van der Waals surface area (Å²) in [4.78, 5) is 27.0. The van der Waals surface area contributed by atoms with Gasteiger partial charge in [0.15, 0.2) is 0 Å². The van der Waals surface area contributed by atoms with Crippen molar-refractivity contribution in [2.75, 3.05) is 38.5 Å². The Balaban J connectivity index is 0.000000383. The van der Waals surface area contributed by atoms with E-state index in [0.29, 0.717) is 13.1 Å². The van der Waals surface area contributed by atoms with Gasteiger partial charge in [-0.15, -0.1) is 11.8 Å². The molecule has 3 aliphatic heterocycles. The second kappa shape index (κ2) is 10.2. The number of carboxylic acids is 1. The van der Waals surface area contributed by atoms with Crippen molar-refractivity contribution in [3.8, 4) is 0 Å². The van der Waals surface area contributed by atoms with E-state index in [4.69, 9.17) is 14.6 Å². The number of aliphatic carboxylic acids is 1. The number of rotatable bonds is 5. The molecule has 3 saturated heterocycles. The summed E-state index contributed by atoms with van der Waals surface area (Å²) < 4.78 is 64.2. The maximum Gasteiger partial charge on any atom is 0.490 e. The third kappa shape index (κ3) is 6.37. The number of carbonyl (C=O) groups excluding carboxylic acids is 1. The molecule has 3 fully saturated rings. The minimum atomic E-state index is -5.08. The van der Waals surface area contributed by atoms with E-state index < -0.39 is 22.2 Å². The van der Waals surface area contributed by atoms with Gasteiger partial charge in [-0.3, -0.25) is 9.78 Å². The molecule has 1 N–H and O–H groups in total. The van der Waals surface area contributed by atoms with Crippen LogP contribution in [-0.4, -0.2) is 95.2 Å². The normalized spacial score (nSPS) is 22.5. The molecule has 184 valence electrons. The molecule has 1 amide bonds. The highest BCUT2D eigenvalue weighted by atomic mass is 32.2. The van der Waals surface area contributed by atoms with Crippen molar-refractivity contribution in [3.63, 3.8) is 0 Å². The number of pyridine rings is 1. The number of carbonyl (C=O) groups is 2.